The predicted octanol–water partition coefficient (Wildman–Crippen LogP) is 2.26. The fourth-order valence-electron chi connectivity index (χ4n) is 4.00. The first kappa shape index (κ1) is 16.8. The lowest BCUT2D eigenvalue weighted by molar-refractivity contribution is -0.118. The van der Waals surface area contributed by atoms with E-state index >= 15 is 0 Å². The molecule has 0 bridgehead atoms. The molecule has 0 radical (unpaired) electrons. The van der Waals surface area contributed by atoms with Gasteiger partial charge in [0, 0.05) is 23.8 Å². The summed E-state index contributed by atoms with van der Waals surface area (Å²) in [4.78, 5) is 27.5. The van der Waals surface area contributed by atoms with Crippen LogP contribution in [0, 0.1) is 0 Å². The molecule has 4 rings (SSSR count). The fourth-order valence-corrected chi connectivity index (χ4v) is 4.00. The molecule has 2 amide bonds. The van der Waals surface area contributed by atoms with Crippen LogP contribution in [0.3, 0.4) is 0 Å². The van der Waals surface area contributed by atoms with Gasteiger partial charge >= 0.3 is 0 Å². The molecule has 0 aromatic heterocycles. The number of amides is 2. The zero-order chi connectivity index (χ0) is 18.1. The highest BCUT2D eigenvalue weighted by Crippen LogP contribution is 2.27. The maximum atomic E-state index is 12.9. The molecule has 2 atom stereocenters. The first-order chi connectivity index (χ1) is 12.6. The predicted molar refractivity (Wildman–Crippen MR) is 101 cm³/mol. The van der Waals surface area contributed by atoms with E-state index in [-0.39, 0.29) is 17.9 Å². The quantitative estimate of drug-likeness (QED) is 0.893. The average molecular weight is 349 g/mol. The highest BCUT2D eigenvalue weighted by atomic mass is 16.2. The lowest BCUT2D eigenvalue weighted by atomic mass is 9.95. The Morgan fingerprint density at radius 2 is 1.96 bits per heavy atom. The molecule has 1 fully saturated rings. The Morgan fingerprint density at radius 3 is 2.77 bits per heavy atom. The summed E-state index contributed by atoms with van der Waals surface area (Å²) >= 11 is 0. The minimum Gasteiger partial charge on any atom is -0.340 e. The van der Waals surface area contributed by atoms with Crippen molar-refractivity contribution in [1.29, 1.82) is 0 Å². The summed E-state index contributed by atoms with van der Waals surface area (Å²) in [7, 11) is 0. The molecular weight excluding hydrogens is 326 g/mol. The van der Waals surface area contributed by atoms with Crippen LogP contribution < -0.4 is 15.5 Å². The summed E-state index contributed by atoms with van der Waals surface area (Å²) < 4.78 is 0. The highest BCUT2D eigenvalue weighted by molar-refractivity contribution is 6.04. The second-order valence-electron chi connectivity index (χ2n) is 7.02. The van der Waals surface area contributed by atoms with Gasteiger partial charge in [0.25, 0.3) is 5.91 Å². The van der Waals surface area contributed by atoms with Crippen molar-refractivity contribution in [2.45, 2.75) is 38.4 Å². The molecule has 134 valence electrons. The van der Waals surface area contributed by atoms with Gasteiger partial charge in [-0.25, -0.2) is 0 Å². The number of fused-ring (bicyclic) bond motifs is 1. The third kappa shape index (κ3) is 2.99. The molecule has 5 nitrogen and oxygen atoms in total. The number of benzene rings is 2. The standard InChI is InChI=1S/C21H23N3O2/c1-14-12-19(21(26)24(14)16-7-3-2-4-8-16)23-20(25)18-9-5-6-15-13-22-11-10-17(15)18/h2-9,14,19,22H,10-13H2,1H3,(H,23,25). The Labute approximate surface area is 153 Å². The number of para-hydroxylation sites is 1. The maximum absolute atomic E-state index is 12.9. The Hall–Kier alpha value is -2.66. The van der Waals surface area contributed by atoms with E-state index in [1.807, 2.05) is 49.4 Å². The number of hydrogen-bond acceptors (Lipinski definition) is 3. The molecule has 2 aliphatic rings. The highest BCUT2D eigenvalue weighted by Gasteiger charge is 2.39. The van der Waals surface area contributed by atoms with Crippen molar-refractivity contribution < 1.29 is 9.59 Å². The Bertz CT molecular complexity index is 834. The molecule has 1 saturated heterocycles. The summed E-state index contributed by atoms with van der Waals surface area (Å²) in [6, 6.07) is 15.0. The maximum Gasteiger partial charge on any atom is 0.252 e. The molecule has 2 aliphatic heterocycles. The van der Waals surface area contributed by atoms with E-state index in [2.05, 4.69) is 16.7 Å². The van der Waals surface area contributed by atoms with Crippen molar-refractivity contribution in [2.24, 2.45) is 0 Å². The van der Waals surface area contributed by atoms with Gasteiger partial charge in [-0.15, -0.1) is 0 Å². The third-order valence-corrected chi connectivity index (χ3v) is 5.28. The molecule has 2 N–H and O–H groups in total. The van der Waals surface area contributed by atoms with Gasteiger partial charge in [-0.1, -0.05) is 30.3 Å². The molecule has 2 unspecified atom stereocenters. The van der Waals surface area contributed by atoms with E-state index in [1.165, 1.54) is 5.56 Å². The van der Waals surface area contributed by atoms with Crippen LogP contribution >= 0.6 is 0 Å². The molecule has 2 aromatic carbocycles. The van der Waals surface area contributed by atoms with E-state index in [0.717, 1.165) is 30.8 Å². The molecule has 0 spiro atoms. The van der Waals surface area contributed by atoms with Crippen LogP contribution in [-0.4, -0.2) is 30.4 Å². The van der Waals surface area contributed by atoms with Gasteiger partial charge in [-0.3, -0.25) is 9.59 Å². The van der Waals surface area contributed by atoms with E-state index in [0.29, 0.717) is 12.0 Å². The first-order valence-electron chi connectivity index (χ1n) is 9.15. The van der Waals surface area contributed by atoms with Crippen LogP contribution in [-0.2, 0) is 17.8 Å². The van der Waals surface area contributed by atoms with E-state index < -0.39 is 6.04 Å². The van der Waals surface area contributed by atoms with Gasteiger partial charge in [0.05, 0.1) is 0 Å². The van der Waals surface area contributed by atoms with Crippen molar-refractivity contribution >= 4 is 17.5 Å². The monoisotopic (exact) mass is 349 g/mol. The summed E-state index contributed by atoms with van der Waals surface area (Å²) in [5, 5.41) is 6.30. The zero-order valence-corrected chi connectivity index (χ0v) is 14.9. The van der Waals surface area contributed by atoms with Crippen molar-refractivity contribution in [3.63, 3.8) is 0 Å². The van der Waals surface area contributed by atoms with E-state index in [9.17, 15) is 9.59 Å². The average Bonchev–Trinajstić information content (AvgIpc) is 2.95. The number of hydrogen-bond donors (Lipinski definition) is 2. The van der Waals surface area contributed by atoms with Gasteiger partial charge in [0.1, 0.15) is 6.04 Å². The number of nitrogens with zero attached hydrogens (tertiary/aromatic N) is 1. The lowest BCUT2D eigenvalue weighted by Crippen LogP contribution is -2.42. The largest absolute Gasteiger partial charge is 0.340 e. The normalized spacial score (nSPS) is 22.2. The minimum absolute atomic E-state index is 0.0384. The Kier molecular flexibility index (Phi) is 4.47. The van der Waals surface area contributed by atoms with Gasteiger partial charge in [0.2, 0.25) is 5.91 Å². The van der Waals surface area contributed by atoms with Crippen LogP contribution in [0.4, 0.5) is 5.69 Å². The molecule has 2 aromatic rings. The Morgan fingerprint density at radius 1 is 1.15 bits per heavy atom. The van der Waals surface area contributed by atoms with E-state index in [4.69, 9.17) is 0 Å². The van der Waals surface area contributed by atoms with Gasteiger partial charge in [-0.2, -0.15) is 0 Å². The number of carbonyl (C=O) groups is 2. The van der Waals surface area contributed by atoms with Crippen LogP contribution in [0.5, 0.6) is 0 Å². The first-order valence-corrected chi connectivity index (χ1v) is 9.15. The molecular formula is C21H23N3O2. The van der Waals surface area contributed by atoms with Crippen LogP contribution in [0.25, 0.3) is 0 Å². The summed E-state index contributed by atoms with van der Waals surface area (Å²) in [6.45, 7) is 3.68. The smallest absolute Gasteiger partial charge is 0.252 e. The summed E-state index contributed by atoms with van der Waals surface area (Å²) in [6.07, 6.45) is 1.46. The van der Waals surface area contributed by atoms with Gasteiger partial charge in [-0.05, 0) is 55.6 Å². The van der Waals surface area contributed by atoms with E-state index in [1.54, 1.807) is 4.90 Å². The SMILES string of the molecule is CC1CC(NC(=O)c2cccc3c2CCNC3)C(=O)N1c1ccccc1. The molecule has 0 saturated carbocycles. The fraction of sp³-hybridized carbons (Fsp3) is 0.333. The molecule has 26 heavy (non-hydrogen) atoms. The van der Waals surface area contributed by atoms with Crippen LogP contribution in [0.15, 0.2) is 48.5 Å². The van der Waals surface area contributed by atoms with Gasteiger partial charge in [0.15, 0.2) is 0 Å². The second-order valence-corrected chi connectivity index (χ2v) is 7.02. The van der Waals surface area contributed by atoms with Crippen molar-refractivity contribution in [2.75, 3.05) is 11.4 Å². The molecule has 2 heterocycles. The second kappa shape index (κ2) is 6.92. The lowest BCUT2D eigenvalue weighted by Gasteiger charge is -2.22. The minimum atomic E-state index is -0.477. The number of carbonyl (C=O) groups excluding carboxylic acids is 2. The molecule has 0 aliphatic carbocycles. The zero-order valence-electron chi connectivity index (χ0n) is 14.9. The van der Waals surface area contributed by atoms with Crippen molar-refractivity contribution in [3.8, 4) is 0 Å². The molecule has 5 heteroatoms. The number of nitrogens with one attached hydrogen (secondary N) is 2. The van der Waals surface area contributed by atoms with Crippen molar-refractivity contribution in [3.05, 3.63) is 65.2 Å². The Balaban J connectivity index is 1.53. The van der Waals surface area contributed by atoms with Crippen molar-refractivity contribution in [1.82, 2.24) is 10.6 Å². The number of rotatable bonds is 3. The number of anilines is 1. The van der Waals surface area contributed by atoms with Crippen LogP contribution in [0.1, 0.15) is 34.8 Å². The van der Waals surface area contributed by atoms with Gasteiger partial charge < -0.3 is 15.5 Å². The summed E-state index contributed by atoms with van der Waals surface area (Å²) in [5.41, 5.74) is 3.84. The summed E-state index contributed by atoms with van der Waals surface area (Å²) in [5.74, 6) is -0.187. The topological polar surface area (TPSA) is 61.4 Å². The van der Waals surface area contributed by atoms with Crippen LogP contribution in [0.2, 0.25) is 0 Å². The third-order valence-electron chi connectivity index (χ3n) is 5.28.